The van der Waals surface area contributed by atoms with Crippen molar-refractivity contribution in [1.29, 1.82) is 5.26 Å². The molecule has 0 amide bonds. The second-order valence-electron chi connectivity index (χ2n) is 5.05. The first-order valence-electron chi connectivity index (χ1n) is 6.73. The first-order chi connectivity index (χ1) is 9.26. The van der Waals surface area contributed by atoms with E-state index in [2.05, 4.69) is 21.6 Å². The van der Waals surface area contributed by atoms with Crippen LogP contribution < -0.4 is 0 Å². The number of fused-ring (bicyclic) bond motifs is 3. The van der Waals surface area contributed by atoms with Crippen LogP contribution in [-0.2, 0) is 16.1 Å². The Morgan fingerprint density at radius 2 is 2.42 bits per heavy atom. The highest BCUT2D eigenvalue weighted by molar-refractivity contribution is 5.76. The topological polar surface area (TPSA) is 58.3 Å². The molecular weight excluding hydrogens is 242 g/mol. The Kier molecular flexibility index (Phi) is 3.03. The lowest BCUT2D eigenvalue weighted by atomic mass is 9.97. The Bertz CT molecular complexity index is 531. The molecule has 0 N–H and O–H groups in total. The van der Waals surface area contributed by atoms with Crippen molar-refractivity contribution < 1.29 is 9.53 Å². The highest BCUT2D eigenvalue weighted by atomic mass is 16.5. The molecule has 5 heteroatoms. The standard InChI is InChI=1S/C14H17N3O2/c1-2-19-14(18)12-8-10(9-15)13-11-4-3-5-16(11)6-7-17(12)13/h3-5,10,12-13H,2,6-8H2,1H3/t10-,12?,13+/m1/s1. The first kappa shape index (κ1) is 12.2. The average Bonchev–Trinajstić information content (AvgIpc) is 3.02. The summed E-state index contributed by atoms with van der Waals surface area (Å²) < 4.78 is 7.32. The van der Waals surface area contributed by atoms with Crippen LogP contribution in [0.3, 0.4) is 0 Å². The number of hydrogen-bond donors (Lipinski definition) is 0. The van der Waals surface area contributed by atoms with E-state index >= 15 is 0 Å². The maximum absolute atomic E-state index is 12.0. The second-order valence-corrected chi connectivity index (χ2v) is 5.05. The fraction of sp³-hybridized carbons (Fsp3) is 0.571. The molecule has 1 unspecified atom stereocenters. The summed E-state index contributed by atoms with van der Waals surface area (Å²) in [4.78, 5) is 14.2. The summed E-state index contributed by atoms with van der Waals surface area (Å²) in [6, 6.07) is 6.18. The number of hydrogen-bond acceptors (Lipinski definition) is 4. The third-order valence-corrected chi connectivity index (χ3v) is 4.11. The van der Waals surface area contributed by atoms with E-state index in [4.69, 9.17) is 4.74 Å². The van der Waals surface area contributed by atoms with Crippen molar-refractivity contribution in [3.05, 3.63) is 24.0 Å². The fourth-order valence-electron chi connectivity index (χ4n) is 3.32. The summed E-state index contributed by atoms with van der Waals surface area (Å²) in [5.74, 6) is -0.325. The smallest absolute Gasteiger partial charge is 0.323 e. The number of carbonyl (C=O) groups is 1. The Morgan fingerprint density at radius 1 is 1.58 bits per heavy atom. The molecule has 0 saturated carbocycles. The van der Waals surface area contributed by atoms with Crippen LogP contribution in [0.5, 0.6) is 0 Å². The molecule has 19 heavy (non-hydrogen) atoms. The molecule has 3 rings (SSSR count). The first-order valence-corrected chi connectivity index (χ1v) is 6.73. The quantitative estimate of drug-likeness (QED) is 0.752. The van der Waals surface area contributed by atoms with E-state index in [0.29, 0.717) is 13.0 Å². The van der Waals surface area contributed by atoms with Gasteiger partial charge in [-0.1, -0.05) is 0 Å². The van der Waals surface area contributed by atoms with Crippen molar-refractivity contribution >= 4 is 5.97 Å². The zero-order chi connectivity index (χ0) is 13.4. The van der Waals surface area contributed by atoms with Gasteiger partial charge < -0.3 is 9.30 Å². The minimum absolute atomic E-state index is 0.0307. The predicted molar refractivity (Wildman–Crippen MR) is 68.0 cm³/mol. The van der Waals surface area contributed by atoms with Crippen LogP contribution in [-0.4, -0.2) is 34.6 Å². The number of nitriles is 1. The van der Waals surface area contributed by atoms with Crippen LogP contribution in [0.1, 0.15) is 25.1 Å². The highest BCUT2D eigenvalue weighted by Crippen LogP contribution is 2.43. The third kappa shape index (κ3) is 1.83. The van der Waals surface area contributed by atoms with Crippen molar-refractivity contribution in [2.45, 2.75) is 32.0 Å². The Hall–Kier alpha value is -1.80. The summed E-state index contributed by atoms with van der Waals surface area (Å²) in [6.07, 6.45) is 2.62. The lowest BCUT2D eigenvalue weighted by Crippen LogP contribution is -2.43. The average molecular weight is 259 g/mol. The molecule has 2 aliphatic rings. The van der Waals surface area contributed by atoms with Crippen molar-refractivity contribution in [1.82, 2.24) is 9.47 Å². The lowest BCUT2D eigenvalue weighted by molar-refractivity contribution is -0.149. The van der Waals surface area contributed by atoms with Crippen LogP contribution in [0.4, 0.5) is 0 Å². The van der Waals surface area contributed by atoms with E-state index in [1.54, 1.807) is 0 Å². The molecule has 1 aromatic heterocycles. The molecule has 1 aromatic rings. The second kappa shape index (κ2) is 4.71. The monoisotopic (exact) mass is 259 g/mol. The van der Waals surface area contributed by atoms with E-state index in [1.165, 1.54) is 0 Å². The number of aromatic nitrogens is 1. The molecule has 3 heterocycles. The lowest BCUT2D eigenvalue weighted by Gasteiger charge is -2.34. The van der Waals surface area contributed by atoms with Crippen LogP contribution in [0.15, 0.2) is 18.3 Å². The Balaban J connectivity index is 1.92. The van der Waals surface area contributed by atoms with Gasteiger partial charge in [-0.2, -0.15) is 5.26 Å². The number of rotatable bonds is 2. The minimum atomic E-state index is -0.266. The number of carbonyl (C=O) groups excluding carboxylic acids is 1. The van der Waals surface area contributed by atoms with E-state index in [9.17, 15) is 10.1 Å². The van der Waals surface area contributed by atoms with Crippen LogP contribution in [0.25, 0.3) is 0 Å². The van der Waals surface area contributed by atoms with E-state index in [1.807, 2.05) is 19.2 Å². The maximum Gasteiger partial charge on any atom is 0.323 e. The molecule has 1 saturated heterocycles. The molecule has 0 spiro atoms. The summed E-state index contributed by atoms with van der Waals surface area (Å²) in [5, 5.41) is 9.36. The van der Waals surface area contributed by atoms with Gasteiger partial charge in [0.05, 0.1) is 24.6 Å². The van der Waals surface area contributed by atoms with Crippen LogP contribution >= 0.6 is 0 Å². The van der Waals surface area contributed by atoms with Crippen molar-refractivity contribution in [3.8, 4) is 6.07 Å². The molecule has 0 aromatic carbocycles. The predicted octanol–water partition coefficient (Wildman–Crippen LogP) is 1.32. The van der Waals surface area contributed by atoms with Crippen molar-refractivity contribution in [2.24, 2.45) is 5.92 Å². The van der Waals surface area contributed by atoms with Crippen molar-refractivity contribution in [3.63, 3.8) is 0 Å². The third-order valence-electron chi connectivity index (χ3n) is 4.11. The van der Waals surface area contributed by atoms with Crippen LogP contribution in [0.2, 0.25) is 0 Å². The largest absolute Gasteiger partial charge is 0.465 e. The molecular formula is C14H17N3O2. The van der Waals surface area contributed by atoms with Gasteiger partial charge in [0, 0.05) is 25.0 Å². The fourth-order valence-corrected chi connectivity index (χ4v) is 3.32. The summed E-state index contributed by atoms with van der Waals surface area (Å²) in [7, 11) is 0. The zero-order valence-corrected chi connectivity index (χ0v) is 11.0. The van der Waals surface area contributed by atoms with Gasteiger partial charge in [-0.05, 0) is 25.5 Å². The molecule has 3 atom stereocenters. The number of esters is 1. The SMILES string of the molecule is CCOC(=O)C1C[C@H](C#N)[C@H]2c3cccn3CCN12. The van der Waals surface area contributed by atoms with Gasteiger partial charge in [0.1, 0.15) is 6.04 Å². The molecule has 100 valence electrons. The molecule has 0 bridgehead atoms. The minimum Gasteiger partial charge on any atom is -0.465 e. The van der Waals surface area contributed by atoms with Gasteiger partial charge in [-0.15, -0.1) is 0 Å². The van der Waals surface area contributed by atoms with Gasteiger partial charge in [0.2, 0.25) is 0 Å². The van der Waals surface area contributed by atoms with Gasteiger partial charge in [-0.3, -0.25) is 9.69 Å². The van der Waals surface area contributed by atoms with Gasteiger partial charge >= 0.3 is 5.97 Å². The molecule has 5 nitrogen and oxygen atoms in total. The van der Waals surface area contributed by atoms with E-state index in [0.717, 1.165) is 18.8 Å². The van der Waals surface area contributed by atoms with Crippen molar-refractivity contribution in [2.75, 3.05) is 13.2 Å². The summed E-state index contributed by atoms with van der Waals surface area (Å²) >= 11 is 0. The van der Waals surface area contributed by atoms with Gasteiger partial charge in [-0.25, -0.2) is 0 Å². The number of ether oxygens (including phenoxy) is 1. The Morgan fingerprint density at radius 3 is 3.16 bits per heavy atom. The molecule has 1 fully saturated rings. The van der Waals surface area contributed by atoms with E-state index < -0.39 is 0 Å². The molecule has 0 aliphatic carbocycles. The summed E-state index contributed by atoms with van der Waals surface area (Å²) in [6.45, 7) is 3.87. The Labute approximate surface area is 112 Å². The van der Waals surface area contributed by atoms with Gasteiger partial charge in [0.25, 0.3) is 0 Å². The molecule has 2 aliphatic heterocycles. The number of nitrogens with zero attached hydrogens (tertiary/aromatic N) is 3. The summed E-state index contributed by atoms with van der Waals surface area (Å²) in [5.41, 5.74) is 1.14. The zero-order valence-electron chi connectivity index (χ0n) is 11.0. The molecule has 0 radical (unpaired) electrons. The normalized spacial score (nSPS) is 29.4. The van der Waals surface area contributed by atoms with Crippen LogP contribution in [0, 0.1) is 17.2 Å². The van der Waals surface area contributed by atoms with E-state index in [-0.39, 0.29) is 24.0 Å². The maximum atomic E-state index is 12.0. The van der Waals surface area contributed by atoms with Gasteiger partial charge in [0.15, 0.2) is 0 Å². The highest BCUT2D eigenvalue weighted by Gasteiger charge is 2.48.